The number of aromatic hydroxyl groups is 1. The van der Waals surface area contributed by atoms with Gasteiger partial charge in [-0.3, -0.25) is 0 Å². The molecule has 2 unspecified atom stereocenters. The van der Waals surface area contributed by atoms with Crippen LogP contribution in [0.3, 0.4) is 0 Å². The number of carboxylic acid groups (broad SMARTS) is 1. The van der Waals surface area contributed by atoms with Crippen LogP contribution in [0.4, 0.5) is 0 Å². The molecule has 0 radical (unpaired) electrons. The Bertz CT molecular complexity index is 571. The fourth-order valence-corrected chi connectivity index (χ4v) is 1.69. The van der Waals surface area contributed by atoms with Crippen molar-refractivity contribution in [1.29, 1.82) is 0 Å². The zero-order valence-electron chi connectivity index (χ0n) is 9.62. The van der Waals surface area contributed by atoms with Gasteiger partial charge in [0.15, 0.2) is 6.04 Å². The van der Waals surface area contributed by atoms with Crippen LogP contribution in [-0.2, 0) is 9.53 Å². The Labute approximate surface area is 104 Å². The molecule has 1 aromatic rings. The van der Waals surface area contributed by atoms with Crippen molar-refractivity contribution in [2.45, 2.75) is 19.1 Å². The molecule has 0 aliphatic carbocycles. The summed E-state index contributed by atoms with van der Waals surface area (Å²) in [5.74, 6) is 1.37. The summed E-state index contributed by atoms with van der Waals surface area (Å²) in [6.45, 7) is 1.61. The van der Waals surface area contributed by atoms with Crippen molar-refractivity contribution in [3.8, 4) is 18.1 Å². The maximum absolute atomic E-state index is 10.9. The fourth-order valence-electron chi connectivity index (χ4n) is 1.69. The molecule has 5 nitrogen and oxygen atoms in total. The number of terminal acetylenes is 1. The maximum atomic E-state index is 10.9. The predicted octanol–water partition coefficient (Wildman–Crippen LogP) is 0.992. The van der Waals surface area contributed by atoms with Gasteiger partial charge in [0.25, 0.3) is 0 Å². The van der Waals surface area contributed by atoms with Crippen LogP contribution in [0.5, 0.6) is 5.75 Å². The molecule has 1 aliphatic rings. The fraction of sp³-hybridized carbons (Fsp3) is 0.231. The van der Waals surface area contributed by atoms with Crippen LogP contribution in [-0.4, -0.2) is 34.2 Å². The molecular weight excluding hydrogens is 234 g/mol. The molecule has 0 saturated carbocycles. The van der Waals surface area contributed by atoms with E-state index in [1.807, 2.05) is 0 Å². The predicted molar refractivity (Wildman–Crippen MR) is 64.5 cm³/mol. The topological polar surface area (TPSA) is 79.1 Å². The van der Waals surface area contributed by atoms with E-state index in [0.717, 1.165) is 0 Å². The standard InChI is InChI=1S/C13H11NO4/c1-3-8-4-5-9(10(15)6-8)12-14-11(13(16)17)7(2)18-12/h1,4-7,11,15H,2H3,(H,16,17). The van der Waals surface area contributed by atoms with Crippen LogP contribution < -0.4 is 0 Å². The minimum atomic E-state index is -1.06. The smallest absolute Gasteiger partial charge is 0.332 e. The second-order valence-electron chi connectivity index (χ2n) is 3.92. The maximum Gasteiger partial charge on any atom is 0.332 e. The lowest BCUT2D eigenvalue weighted by Gasteiger charge is -2.09. The Morgan fingerprint density at radius 1 is 1.56 bits per heavy atom. The van der Waals surface area contributed by atoms with E-state index in [1.165, 1.54) is 6.07 Å². The van der Waals surface area contributed by atoms with Gasteiger partial charge in [-0.05, 0) is 25.1 Å². The van der Waals surface area contributed by atoms with Crippen LogP contribution >= 0.6 is 0 Å². The zero-order valence-corrected chi connectivity index (χ0v) is 9.62. The van der Waals surface area contributed by atoms with E-state index in [2.05, 4.69) is 10.9 Å². The number of hydrogen-bond acceptors (Lipinski definition) is 4. The SMILES string of the molecule is C#Cc1ccc(C2=NC(C(=O)O)C(C)O2)c(O)c1. The van der Waals surface area contributed by atoms with E-state index < -0.39 is 18.1 Å². The lowest BCUT2D eigenvalue weighted by Crippen LogP contribution is -2.27. The van der Waals surface area contributed by atoms with Gasteiger partial charge < -0.3 is 14.9 Å². The highest BCUT2D eigenvalue weighted by Crippen LogP contribution is 2.25. The zero-order chi connectivity index (χ0) is 13.3. The highest BCUT2D eigenvalue weighted by Gasteiger charge is 2.34. The molecule has 0 amide bonds. The first-order valence-corrected chi connectivity index (χ1v) is 5.30. The first kappa shape index (κ1) is 12.0. The molecule has 1 heterocycles. The number of phenolic OH excluding ortho intramolecular Hbond substituents is 1. The van der Waals surface area contributed by atoms with E-state index >= 15 is 0 Å². The van der Waals surface area contributed by atoms with Gasteiger partial charge in [-0.25, -0.2) is 9.79 Å². The summed E-state index contributed by atoms with van der Waals surface area (Å²) in [5.41, 5.74) is 0.863. The van der Waals surface area contributed by atoms with Crippen LogP contribution in [0.2, 0.25) is 0 Å². The van der Waals surface area contributed by atoms with Gasteiger partial charge in [0.2, 0.25) is 5.90 Å². The van der Waals surface area contributed by atoms with Gasteiger partial charge in [-0.2, -0.15) is 0 Å². The molecule has 2 atom stereocenters. The second kappa shape index (κ2) is 4.41. The first-order chi connectivity index (χ1) is 8.52. The monoisotopic (exact) mass is 245 g/mol. The molecule has 92 valence electrons. The molecule has 18 heavy (non-hydrogen) atoms. The number of aliphatic carboxylic acids is 1. The summed E-state index contributed by atoms with van der Waals surface area (Å²) in [6.07, 6.45) is 4.64. The number of nitrogens with zero attached hydrogens (tertiary/aromatic N) is 1. The minimum absolute atomic E-state index is 0.0811. The van der Waals surface area contributed by atoms with Crippen molar-refractivity contribution in [3.63, 3.8) is 0 Å². The number of carboxylic acids is 1. The highest BCUT2D eigenvalue weighted by atomic mass is 16.5. The number of ether oxygens (including phenoxy) is 1. The average molecular weight is 245 g/mol. The largest absolute Gasteiger partial charge is 0.507 e. The van der Waals surface area contributed by atoms with Crippen LogP contribution in [0, 0.1) is 12.3 Å². The number of aliphatic imine (C=N–C) groups is 1. The Morgan fingerprint density at radius 2 is 2.28 bits per heavy atom. The average Bonchev–Trinajstić information content (AvgIpc) is 2.71. The van der Waals surface area contributed by atoms with Crippen molar-refractivity contribution in [1.82, 2.24) is 0 Å². The van der Waals surface area contributed by atoms with E-state index in [-0.39, 0.29) is 11.6 Å². The number of hydrogen-bond donors (Lipinski definition) is 2. The molecule has 5 heteroatoms. The van der Waals surface area contributed by atoms with Crippen molar-refractivity contribution in [3.05, 3.63) is 29.3 Å². The van der Waals surface area contributed by atoms with Crippen LogP contribution in [0.1, 0.15) is 18.1 Å². The lowest BCUT2D eigenvalue weighted by molar-refractivity contribution is -0.139. The van der Waals surface area contributed by atoms with Gasteiger partial charge in [0.1, 0.15) is 11.9 Å². The third-order valence-corrected chi connectivity index (χ3v) is 2.65. The van der Waals surface area contributed by atoms with E-state index in [1.54, 1.807) is 19.1 Å². The lowest BCUT2D eigenvalue weighted by atomic mass is 10.1. The Morgan fingerprint density at radius 3 is 2.78 bits per heavy atom. The molecule has 0 fully saturated rings. The van der Waals surface area contributed by atoms with Crippen molar-refractivity contribution in [2.24, 2.45) is 4.99 Å². The van der Waals surface area contributed by atoms with Crippen LogP contribution in [0.25, 0.3) is 0 Å². The molecule has 1 aromatic carbocycles. The summed E-state index contributed by atoms with van der Waals surface area (Å²) in [7, 11) is 0. The van der Waals surface area contributed by atoms with Crippen molar-refractivity contribution < 1.29 is 19.7 Å². The molecular formula is C13H11NO4. The van der Waals surface area contributed by atoms with Crippen molar-refractivity contribution in [2.75, 3.05) is 0 Å². The molecule has 2 N–H and O–H groups in total. The normalized spacial score (nSPS) is 21.9. The summed E-state index contributed by atoms with van der Waals surface area (Å²) >= 11 is 0. The van der Waals surface area contributed by atoms with Crippen LogP contribution in [0.15, 0.2) is 23.2 Å². The van der Waals surface area contributed by atoms with Gasteiger partial charge in [0.05, 0.1) is 5.56 Å². The van der Waals surface area contributed by atoms with Gasteiger partial charge >= 0.3 is 5.97 Å². The van der Waals surface area contributed by atoms with Gasteiger partial charge in [0, 0.05) is 5.56 Å². The molecule has 2 rings (SSSR count). The summed E-state index contributed by atoms with van der Waals surface area (Å²) in [4.78, 5) is 14.8. The van der Waals surface area contributed by atoms with E-state index in [4.69, 9.17) is 16.3 Å². The number of benzene rings is 1. The number of carbonyl (C=O) groups is 1. The summed E-state index contributed by atoms with van der Waals surface area (Å²) < 4.78 is 5.33. The molecule has 0 saturated heterocycles. The number of rotatable bonds is 2. The molecule has 0 spiro atoms. The summed E-state index contributed by atoms with van der Waals surface area (Å²) in [6, 6.07) is 3.63. The third-order valence-electron chi connectivity index (χ3n) is 2.65. The Hall–Kier alpha value is -2.48. The highest BCUT2D eigenvalue weighted by molar-refractivity contribution is 6.00. The minimum Gasteiger partial charge on any atom is -0.507 e. The molecule has 0 bridgehead atoms. The third kappa shape index (κ3) is 2.00. The Kier molecular flexibility index (Phi) is 2.94. The number of phenols is 1. The van der Waals surface area contributed by atoms with Gasteiger partial charge in [-0.15, -0.1) is 6.42 Å². The van der Waals surface area contributed by atoms with Crippen molar-refractivity contribution >= 4 is 11.9 Å². The molecule has 0 aromatic heterocycles. The van der Waals surface area contributed by atoms with Gasteiger partial charge in [-0.1, -0.05) is 5.92 Å². The quantitative estimate of drug-likeness (QED) is 0.761. The first-order valence-electron chi connectivity index (χ1n) is 5.30. The Balaban J connectivity index is 2.37. The van der Waals surface area contributed by atoms with E-state index in [9.17, 15) is 9.90 Å². The summed E-state index contributed by atoms with van der Waals surface area (Å²) in [5, 5.41) is 18.7. The molecule has 1 aliphatic heterocycles. The second-order valence-corrected chi connectivity index (χ2v) is 3.92. The van der Waals surface area contributed by atoms with E-state index in [0.29, 0.717) is 11.1 Å².